The maximum absolute atomic E-state index is 11.9. The number of aliphatic carboxylic acids is 1. The highest BCUT2D eigenvalue weighted by atomic mass is 16.4. The molecule has 0 bridgehead atoms. The van der Waals surface area contributed by atoms with Crippen LogP contribution in [0.2, 0.25) is 0 Å². The van der Waals surface area contributed by atoms with Crippen LogP contribution in [-0.4, -0.2) is 41.6 Å². The minimum atomic E-state index is -0.935. The van der Waals surface area contributed by atoms with Gasteiger partial charge in [0.1, 0.15) is 0 Å². The topological polar surface area (TPSA) is 69.6 Å². The predicted octanol–water partition coefficient (Wildman–Crippen LogP) is 2.30. The molecule has 0 aromatic heterocycles. The summed E-state index contributed by atoms with van der Waals surface area (Å²) in [6.07, 6.45) is 0.877. The fourth-order valence-corrected chi connectivity index (χ4v) is 2.01. The molecule has 1 atom stereocenters. The van der Waals surface area contributed by atoms with Crippen molar-refractivity contribution in [3.05, 3.63) is 35.9 Å². The van der Waals surface area contributed by atoms with E-state index < -0.39 is 11.9 Å². The molecule has 2 amide bonds. The van der Waals surface area contributed by atoms with Crippen LogP contribution in [0, 0.1) is 0 Å². The van der Waals surface area contributed by atoms with E-state index in [0.29, 0.717) is 18.7 Å². The molecule has 0 aliphatic rings. The molecule has 1 unspecified atom stereocenters. The number of benzene rings is 1. The number of hydrogen-bond acceptors (Lipinski definition) is 2. The van der Waals surface area contributed by atoms with Crippen molar-refractivity contribution < 1.29 is 14.7 Å². The van der Waals surface area contributed by atoms with Gasteiger partial charge in [-0.2, -0.15) is 0 Å². The molecule has 0 fully saturated rings. The second-order valence-electron chi connectivity index (χ2n) is 4.57. The summed E-state index contributed by atoms with van der Waals surface area (Å²) >= 11 is 0. The summed E-state index contributed by atoms with van der Waals surface area (Å²) in [5.74, 6) is -1.66. The van der Waals surface area contributed by atoms with Crippen LogP contribution in [0.4, 0.5) is 4.79 Å². The molecule has 0 radical (unpaired) electrons. The first-order valence-electron chi connectivity index (χ1n) is 6.90. The molecular weight excluding hydrogens is 256 g/mol. The molecule has 0 heterocycles. The molecule has 1 aromatic carbocycles. The summed E-state index contributed by atoms with van der Waals surface area (Å²) in [6, 6.07) is 8.73. The van der Waals surface area contributed by atoms with Gasteiger partial charge in [0.25, 0.3) is 0 Å². The van der Waals surface area contributed by atoms with Gasteiger partial charge < -0.3 is 15.3 Å². The van der Waals surface area contributed by atoms with Gasteiger partial charge in [-0.15, -0.1) is 0 Å². The maximum Gasteiger partial charge on any atom is 0.317 e. The number of carboxylic acids is 1. The zero-order valence-corrected chi connectivity index (χ0v) is 12.0. The number of carbonyl (C=O) groups excluding carboxylic acids is 1. The number of nitrogens with one attached hydrogen (secondary N) is 1. The maximum atomic E-state index is 11.9. The highest BCUT2D eigenvalue weighted by molar-refractivity contribution is 5.79. The third-order valence-electron chi connectivity index (χ3n) is 3.12. The van der Waals surface area contributed by atoms with E-state index in [9.17, 15) is 14.7 Å². The normalized spacial score (nSPS) is 11.7. The lowest BCUT2D eigenvalue weighted by Gasteiger charge is -2.22. The van der Waals surface area contributed by atoms with Gasteiger partial charge in [-0.1, -0.05) is 37.3 Å². The minimum Gasteiger partial charge on any atom is -0.481 e. The highest BCUT2D eigenvalue weighted by Gasteiger charge is 2.21. The Morgan fingerprint density at radius 2 is 1.90 bits per heavy atom. The van der Waals surface area contributed by atoms with Crippen molar-refractivity contribution in [3.63, 3.8) is 0 Å². The van der Waals surface area contributed by atoms with Crippen LogP contribution < -0.4 is 5.32 Å². The van der Waals surface area contributed by atoms with Gasteiger partial charge in [-0.25, -0.2) is 4.79 Å². The third-order valence-corrected chi connectivity index (χ3v) is 3.12. The molecule has 0 saturated carbocycles. The van der Waals surface area contributed by atoms with Crippen molar-refractivity contribution in [2.45, 2.75) is 26.2 Å². The van der Waals surface area contributed by atoms with Gasteiger partial charge in [-0.3, -0.25) is 4.79 Å². The average molecular weight is 278 g/mol. The first-order valence-corrected chi connectivity index (χ1v) is 6.90. The number of carboxylic acid groups (broad SMARTS) is 1. The first kappa shape index (κ1) is 16.0. The number of nitrogens with zero attached hydrogens (tertiary/aromatic N) is 1. The minimum absolute atomic E-state index is 0.0956. The molecule has 0 saturated heterocycles. The summed E-state index contributed by atoms with van der Waals surface area (Å²) in [6.45, 7) is 5.29. The fourth-order valence-electron chi connectivity index (χ4n) is 2.01. The summed E-state index contributed by atoms with van der Waals surface area (Å²) in [5, 5.41) is 12.0. The van der Waals surface area contributed by atoms with Crippen LogP contribution in [0.15, 0.2) is 30.3 Å². The molecular formula is C15H22N2O3. The van der Waals surface area contributed by atoms with Crippen LogP contribution in [0.1, 0.15) is 31.7 Å². The number of carbonyl (C=O) groups is 2. The lowest BCUT2D eigenvalue weighted by Crippen LogP contribution is -2.42. The lowest BCUT2D eigenvalue weighted by atomic mass is 9.99. The number of amides is 2. The average Bonchev–Trinajstić information content (AvgIpc) is 2.45. The van der Waals surface area contributed by atoms with Crippen molar-refractivity contribution in [2.75, 3.05) is 19.6 Å². The van der Waals surface area contributed by atoms with Crippen LogP contribution in [0.3, 0.4) is 0 Å². The number of rotatable bonds is 7. The zero-order chi connectivity index (χ0) is 15.0. The van der Waals surface area contributed by atoms with Crippen LogP contribution >= 0.6 is 0 Å². The van der Waals surface area contributed by atoms with E-state index in [2.05, 4.69) is 5.32 Å². The lowest BCUT2D eigenvalue weighted by molar-refractivity contribution is -0.138. The monoisotopic (exact) mass is 278 g/mol. The van der Waals surface area contributed by atoms with Crippen LogP contribution in [0.25, 0.3) is 0 Å². The van der Waals surface area contributed by atoms with Gasteiger partial charge in [0, 0.05) is 19.6 Å². The van der Waals surface area contributed by atoms with E-state index in [0.717, 1.165) is 6.42 Å². The fraction of sp³-hybridized carbons (Fsp3) is 0.467. The Hall–Kier alpha value is -2.04. The van der Waals surface area contributed by atoms with E-state index >= 15 is 0 Å². The SMILES string of the molecule is CCCN(CC)C(=O)NCC(C(=O)O)c1ccccc1. The molecule has 0 aliphatic heterocycles. The predicted molar refractivity (Wildman–Crippen MR) is 77.8 cm³/mol. The van der Waals surface area contributed by atoms with E-state index in [1.807, 2.05) is 19.9 Å². The molecule has 2 N–H and O–H groups in total. The Balaban J connectivity index is 2.64. The Morgan fingerprint density at radius 1 is 1.25 bits per heavy atom. The van der Waals surface area contributed by atoms with E-state index in [4.69, 9.17) is 0 Å². The third kappa shape index (κ3) is 4.57. The molecule has 0 aliphatic carbocycles. The summed E-state index contributed by atoms with van der Waals surface area (Å²) in [4.78, 5) is 24.9. The van der Waals surface area contributed by atoms with Gasteiger partial charge in [0.2, 0.25) is 0 Å². The van der Waals surface area contributed by atoms with Crippen molar-refractivity contribution in [1.82, 2.24) is 10.2 Å². The first-order chi connectivity index (χ1) is 9.60. The van der Waals surface area contributed by atoms with Crippen molar-refractivity contribution in [3.8, 4) is 0 Å². The summed E-state index contributed by atoms with van der Waals surface area (Å²) in [5.41, 5.74) is 0.693. The Labute approximate surface area is 119 Å². The van der Waals surface area contributed by atoms with Crippen molar-refractivity contribution in [1.29, 1.82) is 0 Å². The Kier molecular flexibility index (Phi) is 6.56. The second kappa shape index (κ2) is 8.19. The van der Waals surface area contributed by atoms with Crippen molar-refractivity contribution >= 4 is 12.0 Å². The Bertz CT molecular complexity index is 434. The summed E-state index contributed by atoms with van der Waals surface area (Å²) in [7, 11) is 0. The molecule has 1 rings (SSSR count). The molecule has 5 nitrogen and oxygen atoms in total. The summed E-state index contributed by atoms with van der Waals surface area (Å²) < 4.78 is 0. The highest BCUT2D eigenvalue weighted by Crippen LogP contribution is 2.14. The van der Waals surface area contributed by atoms with Gasteiger partial charge >= 0.3 is 12.0 Å². The van der Waals surface area contributed by atoms with Crippen LogP contribution in [-0.2, 0) is 4.79 Å². The van der Waals surface area contributed by atoms with E-state index in [-0.39, 0.29) is 12.6 Å². The second-order valence-corrected chi connectivity index (χ2v) is 4.57. The Morgan fingerprint density at radius 3 is 2.40 bits per heavy atom. The molecule has 110 valence electrons. The van der Waals surface area contributed by atoms with E-state index in [1.54, 1.807) is 29.2 Å². The molecule has 1 aromatic rings. The molecule has 0 spiro atoms. The van der Waals surface area contributed by atoms with Crippen LogP contribution in [0.5, 0.6) is 0 Å². The van der Waals surface area contributed by atoms with E-state index in [1.165, 1.54) is 0 Å². The van der Waals surface area contributed by atoms with Crippen molar-refractivity contribution in [2.24, 2.45) is 0 Å². The zero-order valence-electron chi connectivity index (χ0n) is 12.0. The quantitative estimate of drug-likeness (QED) is 0.804. The van der Waals surface area contributed by atoms with Gasteiger partial charge in [0.15, 0.2) is 0 Å². The molecule has 20 heavy (non-hydrogen) atoms. The molecule has 5 heteroatoms. The largest absolute Gasteiger partial charge is 0.481 e. The smallest absolute Gasteiger partial charge is 0.317 e. The number of hydrogen-bond donors (Lipinski definition) is 2. The van der Waals surface area contributed by atoms with Gasteiger partial charge in [-0.05, 0) is 18.9 Å². The number of urea groups is 1. The van der Waals surface area contributed by atoms with Gasteiger partial charge in [0.05, 0.1) is 5.92 Å². The standard InChI is InChI=1S/C15H22N2O3/c1-3-10-17(4-2)15(20)16-11-13(14(18)19)12-8-6-5-7-9-12/h5-9,13H,3-4,10-11H2,1-2H3,(H,16,20)(H,18,19).